The van der Waals surface area contributed by atoms with Crippen molar-refractivity contribution in [2.45, 2.75) is 19.8 Å². The normalized spacial score (nSPS) is 11.4. The van der Waals surface area contributed by atoms with Crippen LogP contribution in [0.4, 0.5) is 8.78 Å². The van der Waals surface area contributed by atoms with Gasteiger partial charge in [0.1, 0.15) is 17.2 Å². The number of benzene rings is 1. The molecule has 0 aliphatic rings. The molecule has 0 amide bonds. The number of halogens is 2. The van der Waals surface area contributed by atoms with Gasteiger partial charge in [0.05, 0.1) is 11.4 Å². The van der Waals surface area contributed by atoms with Crippen molar-refractivity contribution in [3.8, 4) is 5.69 Å². The molecule has 0 saturated carbocycles. The zero-order valence-corrected chi connectivity index (χ0v) is 12.5. The van der Waals surface area contributed by atoms with Gasteiger partial charge in [-0.1, -0.05) is 13.3 Å². The molecule has 1 N–H and O–H groups in total. The second-order valence-corrected chi connectivity index (χ2v) is 5.27. The summed E-state index contributed by atoms with van der Waals surface area (Å²) in [5, 5.41) is 4.42. The van der Waals surface area contributed by atoms with Crippen molar-refractivity contribution >= 4 is 23.4 Å². The Morgan fingerprint density at radius 1 is 1.33 bits per heavy atom. The highest BCUT2D eigenvalue weighted by molar-refractivity contribution is 7.71. The Morgan fingerprint density at radius 2 is 2.10 bits per heavy atom. The predicted molar refractivity (Wildman–Crippen MR) is 79.1 cm³/mol. The van der Waals surface area contributed by atoms with Gasteiger partial charge in [-0.3, -0.25) is 4.57 Å². The van der Waals surface area contributed by atoms with Crippen molar-refractivity contribution in [3.63, 3.8) is 0 Å². The fourth-order valence-corrected chi connectivity index (χ4v) is 2.79. The highest BCUT2D eigenvalue weighted by Crippen LogP contribution is 2.24. The first-order valence-corrected chi connectivity index (χ1v) is 7.05. The monoisotopic (exact) mass is 308 g/mol. The number of aryl methyl sites for hydroxylation is 2. The highest BCUT2D eigenvalue weighted by Gasteiger charge is 2.18. The van der Waals surface area contributed by atoms with E-state index in [4.69, 9.17) is 12.2 Å². The number of nitrogens with one attached hydrogen (secondary N) is 1. The largest absolute Gasteiger partial charge is 0.327 e. The molecule has 0 fully saturated rings. The molecule has 4 nitrogen and oxygen atoms in total. The van der Waals surface area contributed by atoms with Gasteiger partial charge in [-0.2, -0.15) is 5.10 Å². The highest BCUT2D eigenvalue weighted by atomic mass is 32.1. The molecule has 2 aromatic heterocycles. The van der Waals surface area contributed by atoms with Crippen LogP contribution in [0, 0.1) is 16.4 Å². The van der Waals surface area contributed by atoms with E-state index in [1.165, 1.54) is 4.57 Å². The van der Waals surface area contributed by atoms with Crippen LogP contribution in [0.3, 0.4) is 0 Å². The van der Waals surface area contributed by atoms with Gasteiger partial charge in [0.2, 0.25) is 0 Å². The fourth-order valence-electron chi connectivity index (χ4n) is 2.51. The summed E-state index contributed by atoms with van der Waals surface area (Å²) in [5.41, 5.74) is 2.36. The van der Waals surface area contributed by atoms with Gasteiger partial charge in [0.15, 0.2) is 10.4 Å². The lowest BCUT2D eigenvalue weighted by Gasteiger charge is -2.06. The second kappa shape index (κ2) is 5.07. The Morgan fingerprint density at radius 3 is 2.81 bits per heavy atom. The number of hydrogen-bond acceptors (Lipinski definition) is 2. The van der Waals surface area contributed by atoms with Crippen LogP contribution >= 0.6 is 12.2 Å². The van der Waals surface area contributed by atoms with Crippen molar-refractivity contribution in [2.24, 2.45) is 7.05 Å². The minimum absolute atomic E-state index is 0.0808. The van der Waals surface area contributed by atoms with Gasteiger partial charge in [0.25, 0.3) is 0 Å². The first-order chi connectivity index (χ1) is 10.0. The van der Waals surface area contributed by atoms with E-state index in [1.54, 1.807) is 11.7 Å². The second-order valence-electron chi connectivity index (χ2n) is 4.88. The number of aromatic amines is 1. The van der Waals surface area contributed by atoms with Crippen LogP contribution in [0.15, 0.2) is 18.2 Å². The van der Waals surface area contributed by atoms with Crippen molar-refractivity contribution < 1.29 is 8.78 Å². The Bertz CT molecular complexity index is 875. The van der Waals surface area contributed by atoms with E-state index in [0.29, 0.717) is 10.4 Å². The first-order valence-electron chi connectivity index (χ1n) is 6.65. The smallest absolute Gasteiger partial charge is 0.184 e. The van der Waals surface area contributed by atoms with Crippen LogP contribution in [0.1, 0.15) is 19.0 Å². The summed E-state index contributed by atoms with van der Waals surface area (Å²) >= 11 is 5.27. The van der Waals surface area contributed by atoms with Crippen molar-refractivity contribution in [3.05, 3.63) is 40.3 Å². The Labute approximate surface area is 125 Å². The van der Waals surface area contributed by atoms with E-state index in [-0.39, 0.29) is 5.69 Å². The van der Waals surface area contributed by atoms with E-state index in [2.05, 4.69) is 17.0 Å². The summed E-state index contributed by atoms with van der Waals surface area (Å²) in [4.78, 5) is 3.05. The summed E-state index contributed by atoms with van der Waals surface area (Å²) in [6, 6.07) is 3.30. The quantitative estimate of drug-likeness (QED) is 0.750. The summed E-state index contributed by atoms with van der Waals surface area (Å²) in [5.74, 6) is -1.05. The Hall–Kier alpha value is -2.02. The van der Waals surface area contributed by atoms with Crippen LogP contribution in [-0.4, -0.2) is 19.3 Å². The molecule has 3 aromatic rings. The molecular weight excluding hydrogens is 294 g/mol. The average molecular weight is 308 g/mol. The molecule has 0 aliphatic heterocycles. The van der Waals surface area contributed by atoms with Crippen LogP contribution in [0.2, 0.25) is 0 Å². The summed E-state index contributed by atoms with van der Waals surface area (Å²) in [6.07, 6.45) is 1.73. The van der Waals surface area contributed by atoms with Crippen molar-refractivity contribution in [2.75, 3.05) is 0 Å². The maximum atomic E-state index is 14.0. The van der Waals surface area contributed by atoms with Gasteiger partial charge in [-0.15, -0.1) is 0 Å². The molecule has 0 atom stereocenters. The fraction of sp³-hybridized carbons (Fsp3) is 0.286. The maximum Gasteiger partial charge on any atom is 0.184 e. The zero-order valence-electron chi connectivity index (χ0n) is 11.7. The minimum atomic E-state index is -0.536. The van der Waals surface area contributed by atoms with E-state index in [0.717, 1.165) is 42.3 Å². The van der Waals surface area contributed by atoms with E-state index in [9.17, 15) is 8.78 Å². The van der Waals surface area contributed by atoms with E-state index in [1.807, 2.05) is 0 Å². The first kappa shape index (κ1) is 13.9. The molecule has 2 heterocycles. The summed E-state index contributed by atoms with van der Waals surface area (Å²) in [6.45, 7) is 2.05. The van der Waals surface area contributed by atoms with Crippen LogP contribution in [0.25, 0.3) is 16.9 Å². The Balaban J connectivity index is 2.35. The molecule has 1 aromatic carbocycles. The molecular formula is C14H14F2N4S. The van der Waals surface area contributed by atoms with Gasteiger partial charge >= 0.3 is 0 Å². The zero-order chi connectivity index (χ0) is 15.1. The van der Waals surface area contributed by atoms with Crippen LogP contribution < -0.4 is 0 Å². The molecule has 0 saturated heterocycles. The minimum Gasteiger partial charge on any atom is -0.327 e. The third-order valence-electron chi connectivity index (χ3n) is 3.37. The number of nitrogens with zero attached hydrogens (tertiary/aromatic N) is 3. The molecule has 0 aliphatic carbocycles. The molecule has 0 spiro atoms. The molecule has 3 rings (SSSR count). The number of fused-ring (bicyclic) bond motifs is 1. The number of imidazole rings is 1. The van der Waals surface area contributed by atoms with Crippen LogP contribution in [0.5, 0.6) is 0 Å². The number of aromatic nitrogens is 4. The average Bonchev–Trinajstić information content (AvgIpc) is 2.91. The van der Waals surface area contributed by atoms with Gasteiger partial charge in [-0.25, -0.2) is 13.5 Å². The molecule has 7 heteroatoms. The lowest BCUT2D eigenvalue weighted by Crippen LogP contribution is -2.03. The molecule has 110 valence electrons. The predicted octanol–water partition coefficient (Wildman–Crippen LogP) is 3.65. The van der Waals surface area contributed by atoms with Crippen molar-refractivity contribution in [1.82, 2.24) is 19.3 Å². The summed E-state index contributed by atoms with van der Waals surface area (Å²) in [7, 11) is 1.76. The standard InChI is InChI=1S/C14H14F2N4S/c1-3-4-10-12-13(19(2)18-10)20(14(21)17-12)11-7-8(15)5-6-9(11)16/h5-7H,3-4H2,1-2H3,(H,17,21). The lowest BCUT2D eigenvalue weighted by molar-refractivity contribution is 0.591. The third-order valence-corrected chi connectivity index (χ3v) is 3.66. The topological polar surface area (TPSA) is 38.5 Å². The summed E-state index contributed by atoms with van der Waals surface area (Å²) < 4.78 is 30.9. The van der Waals surface area contributed by atoms with Gasteiger partial charge in [0, 0.05) is 13.1 Å². The SMILES string of the molecule is CCCc1nn(C)c2c1[nH]c(=S)n2-c1cc(F)ccc1F. The molecule has 21 heavy (non-hydrogen) atoms. The maximum absolute atomic E-state index is 14.0. The Kier molecular flexibility index (Phi) is 3.36. The van der Waals surface area contributed by atoms with Gasteiger partial charge in [-0.05, 0) is 30.8 Å². The van der Waals surface area contributed by atoms with Gasteiger partial charge < -0.3 is 4.98 Å². The van der Waals surface area contributed by atoms with Crippen molar-refractivity contribution in [1.29, 1.82) is 0 Å². The number of hydrogen-bond donors (Lipinski definition) is 1. The number of rotatable bonds is 3. The van der Waals surface area contributed by atoms with Crippen LogP contribution in [-0.2, 0) is 13.5 Å². The third kappa shape index (κ3) is 2.17. The lowest BCUT2D eigenvalue weighted by atomic mass is 10.2. The molecule has 0 bridgehead atoms. The number of H-pyrrole nitrogens is 1. The van der Waals surface area contributed by atoms with E-state index < -0.39 is 11.6 Å². The molecule has 0 unspecified atom stereocenters. The molecule has 0 radical (unpaired) electrons. The van der Waals surface area contributed by atoms with E-state index >= 15 is 0 Å².